The summed E-state index contributed by atoms with van der Waals surface area (Å²) in [5.41, 5.74) is 0.729. The van der Waals surface area contributed by atoms with Gasteiger partial charge in [-0.3, -0.25) is 9.69 Å². The van der Waals surface area contributed by atoms with Crippen LogP contribution in [0.4, 0.5) is 4.79 Å². The molecule has 1 aromatic heterocycles. The second kappa shape index (κ2) is 6.31. The van der Waals surface area contributed by atoms with Crippen molar-refractivity contribution in [3.63, 3.8) is 0 Å². The van der Waals surface area contributed by atoms with Crippen LogP contribution in [0.2, 0.25) is 0 Å². The van der Waals surface area contributed by atoms with Crippen LogP contribution < -0.4 is 5.32 Å². The number of hydrogen-bond acceptors (Lipinski definition) is 4. The van der Waals surface area contributed by atoms with Crippen LogP contribution in [0.3, 0.4) is 0 Å². The van der Waals surface area contributed by atoms with Gasteiger partial charge in [-0.2, -0.15) is 15.0 Å². The molecule has 2 aromatic rings. The molecule has 3 amide bonds. The van der Waals surface area contributed by atoms with E-state index in [-0.39, 0.29) is 18.5 Å². The van der Waals surface area contributed by atoms with Crippen molar-refractivity contribution in [1.29, 1.82) is 0 Å². The van der Waals surface area contributed by atoms with Crippen molar-refractivity contribution in [2.75, 3.05) is 0 Å². The first kappa shape index (κ1) is 15.8. The highest BCUT2D eigenvalue weighted by atomic mass is 16.2. The second-order valence-corrected chi connectivity index (χ2v) is 6.78. The van der Waals surface area contributed by atoms with Gasteiger partial charge in [-0.25, -0.2) is 4.79 Å². The van der Waals surface area contributed by atoms with E-state index in [1.807, 2.05) is 30.3 Å². The average Bonchev–Trinajstić information content (AvgIpc) is 3.08. The predicted octanol–water partition coefficient (Wildman–Crippen LogP) is 2.41. The Hall–Kier alpha value is -2.70. The van der Waals surface area contributed by atoms with E-state index < -0.39 is 5.54 Å². The van der Waals surface area contributed by atoms with E-state index in [4.69, 9.17) is 0 Å². The Bertz CT molecular complexity index is 778. The van der Waals surface area contributed by atoms with E-state index in [9.17, 15) is 9.59 Å². The van der Waals surface area contributed by atoms with E-state index >= 15 is 0 Å². The van der Waals surface area contributed by atoms with E-state index in [0.717, 1.165) is 44.2 Å². The number of carbonyl (C=O) groups excluding carboxylic acids is 2. The number of nitrogens with one attached hydrogen (secondary N) is 1. The van der Waals surface area contributed by atoms with Gasteiger partial charge >= 0.3 is 6.03 Å². The van der Waals surface area contributed by atoms with Crippen molar-refractivity contribution < 1.29 is 9.59 Å². The predicted molar refractivity (Wildman–Crippen MR) is 90.9 cm³/mol. The molecule has 7 heteroatoms. The molecule has 1 saturated heterocycles. The monoisotopic (exact) mass is 339 g/mol. The molecule has 1 spiro atoms. The zero-order valence-corrected chi connectivity index (χ0v) is 14.0. The van der Waals surface area contributed by atoms with Crippen molar-refractivity contribution >= 4 is 11.9 Å². The van der Waals surface area contributed by atoms with E-state index in [2.05, 4.69) is 15.5 Å². The van der Waals surface area contributed by atoms with Crippen molar-refractivity contribution in [3.8, 4) is 5.69 Å². The van der Waals surface area contributed by atoms with Crippen LogP contribution in [0.25, 0.3) is 5.69 Å². The molecule has 0 unspecified atom stereocenters. The van der Waals surface area contributed by atoms with E-state index in [1.165, 1.54) is 9.70 Å². The molecule has 0 radical (unpaired) electrons. The summed E-state index contributed by atoms with van der Waals surface area (Å²) in [4.78, 5) is 28.1. The number of carbonyl (C=O) groups is 2. The molecular formula is C18H21N5O2. The Labute approximate surface area is 146 Å². The number of nitrogens with zero attached hydrogens (tertiary/aromatic N) is 4. The van der Waals surface area contributed by atoms with E-state index in [0.29, 0.717) is 5.69 Å². The molecule has 1 aliphatic carbocycles. The fraction of sp³-hybridized carbons (Fsp3) is 0.444. The highest BCUT2D eigenvalue weighted by Crippen LogP contribution is 2.33. The first-order valence-electron chi connectivity index (χ1n) is 8.79. The standard InChI is InChI=1S/C18H21N5O2/c24-16-18(10-6-1-2-7-11-18)20-17(25)22(16)13-14-12-19-23(21-14)15-8-4-3-5-9-15/h3-5,8-9,12H,1-2,6-7,10-11,13H2,(H,20,25). The van der Waals surface area contributed by atoms with Crippen molar-refractivity contribution in [2.45, 2.75) is 50.6 Å². The van der Waals surface area contributed by atoms with Crippen LogP contribution >= 0.6 is 0 Å². The molecule has 1 aromatic carbocycles. The van der Waals surface area contributed by atoms with Crippen molar-refractivity contribution in [2.24, 2.45) is 0 Å². The third kappa shape index (κ3) is 2.90. The normalized spacial score (nSPS) is 19.9. The summed E-state index contributed by atoms with van der Waals surface area (Å²) >= 11 is 0. The lowest BCUT2D eigenvalue weighted by Crippen LogP contribution is -2.46. The number of imide groups is 1. The first-order chi connectivity index (χ1) is 12.2. The smallest absolute Gasteiger partial charge is 0.323 e. The summed E-state index contributed by atoms with van der Waals surface area (Å²) in [6, 6.07) is 9.22. The Balaban J connectivity index is 1.52. The zero-order valence-electron chi connectivity index (χ0n) is 14.0. The summed E-state index contributed by atoms with van der Waals surface area (Å²) in [6.07, 6.45) is 7.25. The minimum absolute atomic E-state index is 0.117. The van der Waals surface area contributed by atoms with Gasteiger partial charge in [0.25, 0.3) is 5.91 Å². The Morgan fingerprint density at radius 1 is 1.04 bits per heavy atom. The maximum absolute atomic E-state index is 12.9. The molecule has 2 fully saturated rings. The van der Waals surface area contributed by atoms with Gasteiger partial charge in [0.1, 0.15) is 11.2 Å². The number of aromatic nitrogens is 3. The summed E-state index contributed by atoms with van der Waals surface area (Å²) in [7, 11) is 0. The molecule has 4 rings (SSSR count). The Kier molecular flexibility index (Phi) is 3.99. The van der Waals surface area contributed by atoms with Gasteiger partial charge in [0.05, 0.1) is 18.4 Å². The molecule has 1 saturated carbocycles. The van der Waals surface area contributed by atoms with Gasteiger partial charge < -0.3 is 5.32 Å². The maximum atomic E-state index is 12.9. The lowest BCUT2D eigenvalue weighted by molar-refractivity contribution is -0.132. The minimum Gasteiger partial charge on any atom is -0.323 e. The first-order valence-corrected chi connectivity index (χ1v) is 8.79. The van der Waals surface area contributed by atoms with Gasteiger partial charge in [0.15, 0.2) is 0 Å². The highest BCUT2D eigenvalue weighted by Gasteiger charge is 2.50. The molecule has 2 aliphatic rings. The molecule has 1 aliphatic heterocycles. The highest BCUT2D eigenvalue weighted by molar-refractivity contribution is 6.06. The zero-order chi connectivity index (χ0) is 17.3. The number of benzene rings is 1. The molecule has 2 heterocycles. The topological polar surface area (TPSA) is 80.1 Å². The number of amides is 3. The van der Waals surface area contributed by atoms with Gasteiger partial charge in [0.2, 0.25) is 0 Å². The number of rotatable bonds is 3. The van der Waals surface area contributed by atoms with Crippen LogP contribution in [0.5, 0.6) is 0 Å². The molecule has 7 nitrogen and oxygen atoms in total. The van der Waals surface area contributed by atoms with Crippen LogP contribution in [0.15, 0.2) is 36.5 Å². The minimum atomic E-state index is -0.705. The quantitative estimate of drug-likeness (QED) is 0.871. The van der Waals surface area contributed by atoms with Gasteiger partial charge in [-0.05, 0) is 25.0 Å². The van der Waals surface area contributed by atoms with Gasteiger partial charge in [-0.15, -0.1) is 0 Å². The third-order valence-electron chi connectivity index (χ3n) is 5.05. The lowest BCUT2D eigenvalue weighted by atomic mass is 9.90. The molecule has 0 atom stereocenters. The van der Waals surface area contributed by atoms with Crippen LogP contribution in [-0.4, -0.2) is 37.4 Å². The average molecular weight is 339 g/mol. The van der Waals surface area contributed by atoms with Crippen molar-refractivity contribution in [1.82, 2.24) is 25.2 Å². The second-order valence-electron chi connectivity index (χ2n) is 6.78. The maximum Gasteiger partial charge on any atom is 0.325 e. The molecule has 0 bridgehead atoms. The van der Waals surface area contributed by atoms with Gasteiger partial charge in [0, 0.05) is 0 Å². The van der Waals surface area contributed by atoms with Crippen LogP contribution in [0.1, 0.15) is 44.2 Å². The largest absolute Gasteiger partial charge is 0.325 e. The van der Waals surface area contributed by atoms with Crippen LogP contribution in [0, 0.1) is 0 Å². The van der Waals surface area contributed by atoms with Crippen LogP contribution in [-0.2, 0) is 11.3 Å². The van der Waals surface area contributed by atoms with E-state index in [1.54, 1.807) is 6.20 Å². The summed E-state index contributed by atoms with van der Waals surface area (Å²) in [5.74, 6) is -0.117. The van der Waals surface area contributed by atoms with Gasteiger partial charge in [-0.1, -0.05) is 43.9 Å². The lowest BCUT2D eigenvalue weighted by Gasteiger charge is -2.24. The fourth-order valence-corrected chi connectivity index (χ4v) is 3.71. The SMILES string of the molecule is O=C1NC2(CCCCCC2)C(=O)N1Cc1cnn(-c2ccccc2)n1. The van der Waals surface area contributed by atoms with Crippen molar-refractivity contribution in [3.05, 3.63) is 42.2 Å². The number of hydrogen-bond donors (Lipinski definition) is 1. The Morgan fingerprint density at radius 2 is 1.76 bits per heavy atom. The molecular weight excluding hydrogens is 318 g/mol. The molecule has 130 valence electrons. The Morgan fingerprint density at radius 3 is 2.48 bits per heavy atom. The summed E-state index contributed by atoms with van der Waals surface area (Å²) in [5, 5.41) is 11.6. The number of urea groups is 1. The third-order valence-corrected chi connectivity index (χ3v) is 5.05. The molecule has 1 N–H and O–H groups in total. The fourth-order valence-electron chi connectivity index (χ4n) is 3.71. The summed E-state index contributed by atoms with van der Waals surface area (Å²) < 4.78 is 0. The number of para-hydroxylation sites is 1. The summed E-state index contributed by atoms with van der Waals surface area (Å²) in [6.45, 7) is 0.152. The molecule has 25 heavy (non-hydrogen) atoms.